The molecule has 1 saturated heterocycles. The van der Waals surface area contributed by atoms with E-state index in [1.165, 1.54) is 0 Å². The van der Waals surface area contributed by atoms with E-state index >= 15 is 0 Å². The second-order valence-corrected chi connectivity index (χ2v) is 5.26. The number of hydrogen-bond acceptors (Lipinski definition) is 3. The predicted octanol–water partition coefficient (Wildman–Crippen LogP) is 2.55. The third kappa shape index (κ3) is 3.43. The van der Waals surface area contributed by atoms with E-state index in [9.17, 15) is 0 Å². The summed E-state index contributed by atoms with van der Waals surface area (Å²) < 4.78 is 5.39. The van der Waals surface area contributed by atoms with Gasteiger partial charge < -0.3 is 15.8 Å². The lowest BCUT2D eigenvalue weighted by Gasteiger charge is -2.29. The van der Waals surface area contributed by atoms with E-state index in [4.69, 9.17) is 22.7 Å². The van der Waals surface area contributed by atoms with Gasteiger partial charge in [-0.15, -0.1) is 0 Å². The second-order valence-electron chi connectivity index (χ2n) is 4.82. The molecule has 18 heavy (non-hydrogen) atoms. The highest BCUT2D eigenvalue weighted by molar-refractivity contribution is 7.80. The van der Waals surface area contributed by atoms with Crippen molar-refractivity contribution < 1.29 is 4.74 Å². The summed E-state index contributed by atoms with van der Waals surface area (Å²) in [4.78, 5) is 0.444. The van der Waals surface area contributed by atoms with Crippen LogP contribution in [0.15, 0.2) is 24.3 Å². The van der Waals surface area contributed by atoms with Gasteiger partial charge in [0.15, 0.2) is 0 Å². The van der Waals surface area contributed by atoms with Crippen LogP contribution in [0.1, 0.15) is 25.3 Å². The van der Waals surface area contributed by atoms with Crippen LogP contribution < -0.4 is 11.1 Å². The van der Waals surface area contributed by atoms with Crippen LogP contribution >= 0.6 is 12.2 Å². The number of hydrogen-bond donors (Lipinski definition) is 2. The molecule has 1 atom stereocenters. The van der Waals surface area contributed by atoms with Gasteiger partial charge in [-0.1, -0.05) is 12.2 Å². The highest BCUT2D eigenvalue weighted by atomic mass is 32.1. The fraction of sp³-hybridized carbons (Fsp3) is 0.500. The van der Waals surface area contributed by atoms with Gasteiger partial charge in [0, 0.05) is 30.5 Å². The molecule has 1 unspecified atom stereocenters. The number of thiocarbonyl (C=S) groups is 1. The number of rotatable bonds is 4. The molecule has 3 nitrogen and oxygen atoms in total. The molecule has 1 fully saturated rings. The molecule has 0 bridgehead atoms. The summed E-state index contributed by atoms with van der Waals surface area (Å²) in [6.07, 6.45) is 2.28. The molecule has 4 heteroatoms. The van der Waals surface area contributed by atoms with Crippen molar-refractivity contribution in [3.8, 4) is 0 Å². The monoisotopic (exact) mass is 264 g/mol. The molecule has 0 spiro atoms. The molecule has 1 heterocycles. The minimum atomic E-state index is 0.444. The highest BCUT2D eigenvalue weighted by Crippen LogP contribution is 2.22. The van der Waals surface area contributed by atoms with Crippen LogP contribution in [0.2, 0.25) is 0 Å². The normalized spacial score (nSPS) is 18.3. The third-order valence-corrected chi connectivity index (χ3v) is 3.77. The van der Waals surface area contributed by atoms with Gasteiger partial charge in [-0.3, -0.25) is 0 Å². The number of anilines is 1. The summed E-state index contributed by atoms with van der Waals surface area (Å²) in [5.74, 6) is 0.689. The van der Waals surface area contributed by atoms with E-state index in [0.29, 0.717) is 16.9 Å². The predicted molar refractivity (Wildman–Crippen MR) is 79.0 cm³/mol. The first-order chi connectivity index (χ1) is 8.66. The molecule has 3 N–H and O–H groups in total. The fourth-order valence-corrected chi connectivity index (χ4v) is 2.46. The van der Waals surface area contributed by atoms with Gasteiger partial charge in [0.25, 0.3) is 0 Å². The van der Waals surface area contributed by atoms with E-state index < -0.39 is 0 Å². The summed E-state index contributed by atoms with van der Waals surface area (Å²) in [5, 5.41) is 3.54. The fourth-order valence-electron chi connectivity index (χ4n) is 2.33. The zero-order valence-electron chi connectivity index (χ0n) is 10.7. The first-order valence-electron chi connectivity index (χ1n) is 6.41. The molecular formula is C14H20N2OS. The van der Waals surface area contributed by atoms with Gasteiger partial charge >= 0.3 is 0 Å². The van der Waals surface area contributed by atoms with Crippen LogP contribution in [0, 0.1) is 5.92 Å². The van der Waals surface area contributed by atoms with Crippen LogP contribution in [0.25, 0.3) is 0 Å². The summed E-state index contributed by atoms with van der Waals surface area (Å²) >= 11 is 4.94. The molecule has 1 aliphatic heterocycles. The van der Waals surface area contributed by atoms with Crippen molar-refractivity contribution in [2.24, 2.45) is 11.7 Å². The number of ether oxygens (including phenoxy) is 1. The van der Waals surface area contributed by atoms with Gasteiger partial charge in [-0.25, -0.2) is 0 Å². The third-order valence-electron chi connectivity index (χ3n) is 3.54. The average Bonchev–Trinajstić information content (AvgIpc) is 2.40. The molecule has 0 saturated carbocycles. The van der Waals surface area contributed by atoms with E-state index in [1.807, 2.05) is 24.3 Å². The number of benzene rings is 1. The Bertz CT molecular complexity index is 399. The van der Waals surface area contributed by atoms with Crippen molar-refractivity contribution >= 4 is 22.9 Å². The van der Waals surface area contributed by atoms with Crippen molar-refractivity contribution in [1.82, 2.24) is 0 Å². The van der Waals surface area contributed by atoms with Crippen LogP contribution in [0.4, 0.5) is 5.69 Å². The molecule has 1 aromatic rings. The molecule has 1 aliphatic rings. The van der Waals surface area contributed by atoms with Crippen LogP contribution in [0.3, 0.4) is 0 Å². The highest BCUT2D eigenvalue weighted by Gasteiger charge is 2.20. The standard InChI is InChI=1S/C14H20N2OS/c1-10(11-6-8-17-9-7-11)16-13-4-2-12(3-5-13)14(15)18/h2-5,10-11,16H,6-9H2,1H3,(H2,15,18). The van der Waals surface area contributed by atoms with Gasteiger partial charge in [0.05, 0.1) is 0 Å². The van der Waals surface area contributed by atoms with Crippen molar-refractivity contribution in [2.45, 2.75) is 25.8 Å². The average molecular weight is 264 g/mol. The molecule has 0 aromatic heterocycles. The molecule has 1 aromatic carbocycles. The SMILES string of the molecule is CC(Nc1ccc(C(N)=S)cc1)C1CCOCC1. The lowest BCUT2D eigenvalue weighted by atomic mass is 9.93. The summed E-state index contributed by atoms with van der Waals surface area (Å²) in [6.45, 7) is 4.01. The Morgan fingerprint density at radius 1 is 1.33 bits per heavy atom. The Morgan fingerprint density at radius 2 is 1.94 bits per heavy atom. The van der Waals surface area contributed by atoms with Crippen molar-refractivity contribution in [2.75, 3.05) is 18.5 Å². The number of nitrogens with two attached hydrogens (primary N) is 1. The van der Waals surface area contributed by atoms with E-state index in [2.05, 4.69) is 12.2 Å². The number of nitrogens with one attached hydrogen (secondary N) is 1. The molecular weight excluding hydrogens is 244 g/mol. The molecule has 0 aliphatic carbocycles. The Kier molecular flexibility index (Phi) is 4.55. The smallest absolute Gasteiger partial charge is 0.103 e. The Morgan fingerprint density at radius 3 is 2.50 bits per heavy atom. The summed E-state index contributed by atoms with van der Waals surface area (Å²) in [5.41, 5.74) is 7.61. The van der Waals surface area contributed by atoms with Crippen molar-refractivity contribution in [3.05, 3.63) is 29.8 Å². The first-order valence-corrected chi connectivity index (χ1v) is 6.82. The van der Waals surface area contributed by atoms with Crippen LogP contribution in [-0.2, 0) is 4.74 Å². The molecule has 0 radical (unpaired) electrons. The van der Waals surface area contributed by atoms with Gasteiger partial charge in [0.1, 0.15) is 4.99 Å². The van der Waals surface area contributed by atoms with Gasteiger partial charge in [0.2, 0.25) is 0 Å². The Balaban J connectivity index is 1.93. The maximum atomic E-state index is 5.58. The largest absolute Gasteiger partial charge is 0.389 e. The quantitative estimate of drug-likeness (QED) is 0.821. The van der Waals surface area contributed by atoms with Crippen molar-refractivity contribution in [1.29, 1.82) is 0 Å². The molecule has 2 rings (SSSR count). The lowest BCUT2D eigenvalue weighted by Crippen LogP contribution is -2.30. The van der Waals surface area contributed by atoms with Gasteiger partial charge in [-0.2, -0.15) is 0 Å². The lowest BCUT2D eigenvalue weighted by molar-refractivity contribution is 0.0622. The topological polar surface area (TPSA) is 47.3 Å². The maximum absolute atomic E-state index is 5.58. The van der Waals surface area contributed by atoms with Crippen molar-refractivity contribution in [3.63, 3.8) is 0 Å². The Labute approximate surface area is 114 Å². The summed E-state index contributed by atoms with van der Waals surface area (Å²) in [7, 11) is 0. The van der Waals surface area contributed by atoms with E-state index in [0.717, 1.165) is 37.3 Å². The van der Waals surface area contributed by atoms with E-state index in [1.54, 1.807) is 0 Å². The Hall–Kier alpha value is -1.13. The first kappa shape index (κ1) is 13.3. The van der Waals surface area contributed by atoms with Crippen LogP contribution in [-0.4, -0.2) is 24.2 Å². The van der Waals surface area contributed by atoms with Gasteiger partial charge in [-0.05, 0) is 49.9 Å². The van der Waals surface area contributed by atoms with Crippen LogP contribution in [0.5, 0.6) is 0 Å². The van der Waals surface area contributed by atoms with E-state index in [-0.39, 0.29) is 0 Å². The summed E-state index contributed by atoms with van der Waals surface area (Å²) in [6, 6.07) is 8.45. The maximum Gasteiger partial charge on any atom is 0.103 e. The zero-order chi connectivity index (χ0) is 13.0. The second kappa shape index (κ2) is 6.16. The molecule has 98 valence electrons. The zero-order valence-corrected chi connectivity index (χ0v) is 11.5. The minimum Gasteiger partial charge on any atom is -0.389 e. The molecule has 0 amide bonds. The minimum absolute atomic E-state index is 0.444.